The van der Waals surface area contributed by atoms with Crippen LogP contribution in [-0.4, -0.2) is 65.4 Å². The first-order valence-electron chi connectivity index (χ1n) is 10.3. The van der Waals surface area contributed by atoms with Crippen LogP contribution in [0.5, 0.6) is 0 Å². The zero-order valence-electron chi connectivity index (χ0n) is 18.0. The Bertz CT molecular complexity index is 1060. The minimum atomic E-state index is -3.32. The Morgan fingerprint density at radius 2 is 1.50 bits per heavy atom. The van der Waals surface area contributed by atoms with Crippen molar-refractivity contribution in [2.75, 3.05) is 35.2 Å². The molecule has 3 rings (SSSR count). The van der Waals surface area contributed by atoms with Gasteiger partial charge in [-0.2, -0.15) is 0 Å². The first kappa shape index (κ1) is 24.4. The van der Waals surface area contributed by atoms with E-state index < -0.39 is 22.0 Å². The predicted octanol–water partition coefficient (Wildman–Crippen LogP) is 2.45. The van der Waals surface area contributed by atoms with Gasteiger partial charge in [0, 0.05) is 24.5 Å². The Kier molecular flexibility index (Phi) is 8.05. The molecule has 0 aliphatic carbocycles. The maximum Gasteiger partial charge on any atom is 0.173 e. The summed E-state index contributed by atoms with van der Waals surface area (Å²) in [7, 11) is -3.32. The molecule has 0 saturated carbocycles. The van der Waals surface area contributed by atoms with Crippen LogP contribution >= 0.6 is 24.4 Å². The average molecular weight is 493 g/mol. The van der Waals surface area contributed by atoms with Crippen molar-refractivity contribution in [3.8, 4) is 0 Å². The van der Waals surface area contributed by atoms with Gasteiger partial charge in [0.15, 0.2) is 20.1 Å². The molecule has 0 amide bonds. The highest BCUT2D eigenvalue weighted by Gasteiger charge is 2.40. The fourth-order valence-corrected chi connectivity index (χ4v) is 5.83. The molecule has 1 fully saturated rings. The van der Waals surface area contributed by atoms with Crippen LogP contribution in [0.25, 0.3) is 0 Å². The summed E-state index contributed by atoms with van der Waals surface area (Å²) in [6.07, 6.45) is -1.00. The fourth-order valence-electron chi connectivity index (χ4n) is 3.46. The Morgan fingerprint density at radius 1 is 0.969 bits per heavy atom. The number of rotatable bonds is 6. The van der Waals surface area contributed by atoms with Gasteiger partial charge in [-0.05, 0) is 62.5 Å². The molecule has 2 aromatic carbocycles. The molecule has 2 aromatic rings. The maximum absolute atomic E-state index is 12.1. The van der Waals surface area contributed by atoms with Crippen LogP contribution in [0.3, 0.4) is 0 Å². The van der Waals surface area contributed by atoms with Gasteiger partial charge in [0.25, 0.3) is 0 Å². The lowest BCUT2D eigenvalue weighted by Gasteiger charge is -2.33. The van der Waals surface area contributed by atoms with Crippen molar-refractivity contribution in [1.82, 2.24) is 10.2 Å². The number of aliphatic hydroxyl groups excluding tert-OH is 1. The van der Waals surface area contributed by atoms with Crippen LogP contribution in [0.1, 0.15) is 11.1 Å². The molecular weight excluding hydrogens is 464 g/mol. The number of benzene rings is 2. The third-order valence-corrected chi connectivity index (χ3v) is 7.49. The summed E-state index contributed by atoms with van der Waals surface area (Å²) >= 11 is 10.9. The van der Waals surface area contributed by atoms with E-state index in [1.165, 1.54) is 0 Å². The lowest BCUT2D eigenvalue weighted by molar-refractivity contribution is 0.124. The normalized spacial score (nSPS) is 19.2. The Labute approximate surface area is 200 Å². The monoisotopic (exact) mass is 492 g/mol. The molecule has 1 aliphatic heterocycles. The van der Waals surface area contributed by atoms with Crippen LogP contribution in [0, 0.1) is 13.8 Å². The first-order chi connectivity index (χ1) is 15.1. The number of aliphatic hydroxyl groups is 1. The van der Waals surface area contributed by atoms with Crippen LogP contribution in [-0.2, 0) is 9.84 Å². The minimum Gasteiger partial charge on any atom is -0.390 e. The van der Waals surface area contributed by atoms with Crippen LogP contribution in [0.2, 0.25) is 0 Å². The Hall–Kier alpha value is -2.27. The molecule has 7 nitrogen and oxygen atoms in total. The lowest BCUT2D eigenvalue weighted by atomic mass is 10.2. The molecule has 172 valence electrons. The van der Waals surface area contributed by atoms with Crippen molar-refractivity contribution >= 4 is 55.9 Å². The van der Waals surface area contributed by atoms with E-state index in [9.17, 15) is 13.5 Å². The topological polar surface area (TPSA) is 93.7 Å². The Morgan fingerprint density at radius 3 is 2.00 bits per heavy atom. The highest BCUT2D eigenvalue weighted by molar-refractivity contribution is 7.91. The smallest absolute Gasteiger partial charge is 0.173 e. The van der Waals surface area contributed by atoms with E-state index in [-0.39, 0.29) is 11.5 Å². The van der Waals surface area contributed by atoms with Crippen molar-refractivity contribution in [3.63, 3.8) is 0 Å². The third-order valence-electron chi connectivity index (χ3n) is 5.21. The summed E-state index contributed by atoms with van der Waals surface area (Å²) < 4.78 is 24.2. The molecule has 2 atom stereocenters. The molecule has 0 bridgehead atoms. The molecule has 0 spiro atoms. The largest absolute Gasteiger partial charge is 0.390 e. The summed E-state index contributed by atoms with van der Waals surface area (Å²) in [6, 6.07) is 15.0. The average Bonchev–Trinajstić information content (AvgIpc) is 3.00. The fraction of sp³-hybridized carbons (Fsp3) is 0.364. The van der Waals surface area contributed by atoms with E-state index in [1.807, 2.05) is 62.4 Å². The molecule has 0 aromatic heterocycles. The number of anilines is 2. The molecule has 4 N–H and O–H groups in total. The summed E-state index contributed by atoms with van der Waals surface area (Å²) in [5, 5.41) is 20.6. The van der Waals surface area contributed by atoms with Gasteiger partial charge in [0.2, 0.25) is 0 Å². The minimum absolute atomic E-state index is 0.143. The van der Waals surface area contributed by atoms with Crippen molar-refractivity contribution < 1.29 is 13.5 Å². The van der Waals surface area contributed by atoms with E-state index in [4.69, 9.17) is 24.4 Å². The molecule has 1 saturated heterocycles. The van der Waals surface area contributed by atoms with Crippen molar-refractivity contribution in [3.05, 3.63) is 59.7 Å². The van der Waals surface area contributed by atoms with Gasteiger partial charge in [-0.15, -0.1) is 0 Å². The number of hydrogen-bond donors (Lipinski definition) is 4. The quantitative estimate of drug-likeness (QED) is 0.454. The zero-order chi connectivity index (χ0) is 23.3. The van der Waals surface area contributed by atoms with E-state index >= 15 is 0 Å². The number of nitrogens with zero attached hydrogens (tertiary/aromatic N) is 1. The third kappa shape index (κ3) is 6.86. The number of thiocarbonyl (C=S) groups is 2. The van der Waals surface area contributed by atoms with Gasteiger partial charge in [-0.25, -0.2) is 8.42 Å². The molecule has 10 heteroatoms. The highest BCUT2D eigenvalue weighted by atomic mass is 32.2. The van der Waals surface area contributed by atoms with E-state index in [1.54, 1.807) is 4.90 Å². The molecule has 1 aliphatic rings. The van der Waals surface area contributed by atoms with Crippen molar-refractivity contribution in [2.45, 2.75) is 26.0 Å². The second kappa shape index (κ2) is 10.6. The zero-order valence-corrected chi connectivity index (χ0v) is 20.5. The number of sulfone groups is 1. The van der Waals surface area contributed by atoms with Gasteiger partial charge < -0.3 is 26.0 Å². The molecular formula is C22H28N4O3S3. The SMILES string of the molecule is Cc1ccc(NC(=S)NCCN(C(=S)Nc2ccc(C)cc2)[C@H]2CS(=O)(=O)C[C@@H]2O)cc1. The van der Waals surface area contributed by atoms with E-state index in [2.05, 4.69) is 16.0 Å². The van der Waals surface area contributed by atoms with Crippen LogP contribution in [0.15, 0.2) is 48.5 Å². The van der Waals surface area contributed by atoms with Crippen molar-refractivity contribution in [1.29, 1.82) is 0 Å². The molecule has 32 heavy (non-hydrogen) atoms. The summed E-state index contributed by atoms with van der Waals surface area (Å²) in [4.78, 5) is 1.73. The van der Waals surface area contributed by atoms with Gasteiger partial charge in [0.05, 0.1) is 23.7 Å². The second-order valence-corrected chi connectivity index (χ2v) is 10.9. The molecule has 1 heterocycles. The molecule has 0 unspecified atom stereocenters. The van der Waals surface area contributed by atoms with Gasteiger partial charge in [-0.1, -0.05) is 35.4 Å². The number of hydrogen-bond acceptors (Lipinski definition) is 5. The first-order valence-corrected chi connectivity index (χ1v) is 12.9. The van der Waals surface area contributed by atoms with Gasteiger partial charge in [0.1, 0.15) is 0 Å². The predicted molar refractivity (Wildman–Crippen MR) is 138 cm³/mol. The standard InChI is InChI=1S/C22H28N4O3S3/c1-15-3-7-17(8-4-15)24-21(30)23-11-12-26(19-13-32(28,29)14-20(19)27)22(31)25-18-9-5-16(2)6-10-18/h3-10,19-20,27H,11-14H2,1-2H3,(H,25,31)(H2,23,24,30)/t19-,20-/m0/s1. The Balaban J connectivity index is 1.64. The van der Waals surface area contributed by atoms with Gasteiger partial charge in [-0.3, -0.25) is 0 Å². The van der Waals surface area contributed by atoms with E-state index in [0.29, 0.717) is 23.3 Å². The van der Waals surface area contributed by atoms with Crippen molar-refractivity contribution in [2.24, 2.45) is 0 Å². The number of nitrogens with one attached hydrogen (secondary N) is 3. The summed E-state index contributed by atoms with van der Waals surface area (Å²) in [5.74, 6) is -0.405. The van der Waals surface area contributed by atoms with Gasteiger partial charge >= 0.3 is 0 Å². The summed E-state index contributed by atoms with van der Waals surface area (Å²) in [6.45, 7) is 4.79. The van der Waals surface area contributed by atoms with Crippen LogP contribution in [0.4, 0.5) is 11.4 Å². The molecule has 0 radical (unpaired) electrons. The maximum atomic E-state index is 12.1. The lowest BCUT2D eigenvalue weighted by Crippen LogP contribution is -2.51. The summed E-state index contributed by atoms with van der Waals surface area (Å²) in [5.41, 5.74) is 3.95. The second-order valence-electron chi connectivity index (χ2n) is 7.95. The number of aryl methyl sites for hydroxylation is 2. The van der Waals surface area contributed by atoms with E-state index in [0.717, 1.165) is 22.5 Å². The highest BCUT2D eigenvalue weighted by Crippen LogP contribution is 2.20. The van der Waals surface area contributed by atoms with Crippen LogP contribution < -0.4 is 16.0 Å².